The maximum absolute atomic E-state index is 13.3. The molecule has 1 aromatic carbocycles. The number of rotatable bonds is 4. The van der Waals surface area contributed by atoms with Gasteiger partial charge in [0.15, 0.2) is 0 Å². The SMILES string of the molecule is Cc1ccc(F)cc1C(=O)NCc1ccc(N2CCN(C)CC2)nc1. The monoisotopic (exact) mass is 342 g/mol. The van der Waals surface area contributed by atoms with Crippen LogP contribution in [0.2, 0.25) is 0 Å². The maximum Gasteiger partial charge on any atom is 0.251 e. The molecule has 3 rings (SSSR count). The largest absolute Gasteiger partial charge is 0.354 e. The van der Waals surface area contributed by atoms with Gasteiger partial charge in [-0.05, 0) is 43.3 Å². The van der Waals surface area contributed by atoms with Gasteiger partial charge in [0.25, 0.3) is 5.91 Å². The maximum atomic E-state index is 13.3. The van der Waals surface area contributed by atoms with Crippen molar-refractivity contribution in [1.29, 1.82) is 0 Å². The average molecular weight is 342 g/mol. The minimum absolute atomic E-state index is 0.278. The van der Waals surface area contributed by atoms with Crippen LogP contribution >= 0.6 is 0 Å². The van der Waals surface area contributed by atoms with Gasteiger partial charge in [0.05, 0.1) is 0 Å². The summed E-state index contributed by atoms with van der Waals surface area (Å²) in [6.07, 6.45) is 1.78. The molecule has 2 heterocycles. The lowest BCUT2D eigenvalue weighted by molar-refractivity contribution is 0.0950. The average Bonchev–Trinajstić information content (AvgIpc) is 2.63. The van der Waals surface area contributed by atoms with Crippen molar-refractivity contribution in [1.82, 2.24) is 15.2 Å². The number of pyridine rings is 1. The minimum atomic E-state index is -0.408. The number of hydrogen-bond acceptors (Lipinski definition) is 4. The second-order valence-corrected chi connectivity index (χ2v) is 6.46. The molecule has 0 atom stereocenters. The number of anilines is 1. The Morgan fingerprint density at radius 3 is 2.64 bits per heavy atom. The molecule has 0 unspecified atom stereocenters. The Morgan fingerprint density at radius 2 is 1.96 bits per heavy atom. The van der Waals surface area contributed by atoms with Crippen molar-refractivity contribution in [2.75, 3.05) is 38.1 Å². The highest BCUT2D eigenvalue weighted by molar-refractivity contribution is 5.95. The van der Waals surface area contributed by atoms with Gasteiger partial charge in [0.1, 0.15) is 11.6 Å². The van der Waals surface area contributed by atoms with Gasteiger partial charge in [0, 0.05) is 44.5 Å². The molecule has 0 bridgehead atoms. The van der Waals surface area contributed by atoms with E-state index in [0.717, 1.165) is 43.1 Å². The molecule has 25 heavy (non-hydrogen) atoms. The van der Waals surface area contributed by atoms with Crippen LogP contribution in [0.25, 0.3) is 0 Å². The zero-order chi connectivity index (χ0) is 17.8. The topological polar surface area (TPSA) is 48.5 Å². The number of piperazine rings is 1. The fraction of sp³-hybridized carbons (Fsp3) is 0.368. The first-order valence-electron chi connectivity index (χ1n) is 8.46. The van der Waals surface area contributed by atoms with Gasteiger partial charge < -0.3 is 15.1 Å². The third-order valence-corrected chi connectivity index (χ3v) is 4.53. The van der Waals surface area contributed by atoms with Crippen molar-refractivity contribution < 1.29 is 9.18 Å². The van der Waals surface area contributed by atoms with Crippen LogP contribution in [0.3, 0.4) is 0 Å². The minimum Gasteiger partial charge on any atom is -0.354 e. The number of aromatic nitrogens is 1. The van der Waals surface area contributed by atoms with Gasteiger partial charge in [-0.1, -0.05) is 12.1 Å². The van der Waals surface area contributed by atoms with Crippen molar-refractivity contribution >= 4 is 11.7 Å². The van der Waals surface area contributed by atoms with E-state index in [2.05, 4.69) is 27.1 Å². The van der Waals surface area contributed by atoms with E-state index in [1.54, 1.807) is 19.2 Å². The van der Waals surface area contributed by atoms with Crippen LogP contribution in [0.4, 0.5) is 10.2 Å². The number of nitrogens with zero attached hydrogens (tertiary/aromatic N) is 3. The van der Waals surface area contributed by atoms with Crippen molar-refractivity contribution in [3.8, 4) is 0 Å². The molecule has 0 saturated carbocycles. The molecule has 132 valence electrons. The van der Waals surface area contributed by atoms with E-state index in [-0.39, 0.29) is 5.91 Å². The molecule has 1 N–H and O–H groups in total. The molecule has 0 spiro atoms. The fourth-order valence-electron chi connectivity index (χ4n) is 2.86. The van der Waals surface area contributed by atoms with Crippen LogP contribution in [-0.2, 0) is 6.54 Å². The van der Waals surface area contributed by atoms with Crippen LogP contribution in [-0.4, -0.2) is 49.0 Å². The summed E-state index contributed by atoms with van der Waals surface area (Å²) in [4.78, 5) is 21.3. The third kappa shape index (κ3) is 4.33. The van der Waals surface area contributed by atoms with Crippen molar-refractivity contribution in [3.63, 3.8) is 0 Å². The Bertz CT molecular complexity index is 740. The molecule has 2 aromatic rings. The van der Waals surface area contributed by atoms with Crippen molar-refractivity contribution in [3.05, 3.63) is 59.0 Å². The molecule has 5 nitrogen and oxygen atoms in total. The van der Waals surface area contributed by atoms with E-state index in [1.807, 2.05) is 12.1 Å². The fourth-order valence-corrected chi connectivity index (χ4v) is 2.86. The Kier molecular flexibility index (Phi) is 5.28. The molecule has 1 saturated heterocycles. The van der Waals surface area contributed by atoms with E-state index >= 15 is 0 Å². The highest BCUT2D eigenvalue weighted by Crippen LogP contribution is 2.14. The summed E-state index contributed by atoms with van der Waals surface area (Å²) < 4.78 is 13.3. The number of aryl methyl sites for hydroxylation is 1. The van der Waals surface area contributed by atoms with Crippen LogP contribution < -0.4 is 10.2 Å². The second-order valence-electron chi connectivity index (χ2n) is 6.46. The molecular weight excluding hydrogens is 319 g/mol. The zero-order valence-corrected chi connectivity index (χ0v) is 14.6. The predicted octanol–water partition coefficient (Wildman–Crippen LogP) is 2.21. The van der Waals surface area contributed by atoms with Crippen molar-refractivity contribution in [2.45, 2.75) is 13.5 Å². The molecule has 6 heteroatoms. The van der Waals surface area contributed by atoms with Crippen molar-refractivity contribution in [2.24, 2.45) is 0 Å². The lowest BCUT2D eigenvalue weighted by Crippen LogP contribution is -2.44. The highest BCUT2D eigenvalue weighted by Gasteiger charge is 2.15. The molecule has 1 aromatic heterocycles. The summed E-state index contributed by atoms with van der Waals surface area (Å²) in [6.45, 7) is 6.17. The summed E-state index contributed by atoms with van der Waals surface area (Å²) in [5, 5.41) is 2.82. The highest BCUT2D eigenvalue weighted by atomic mass is 19.1. The van der Waals surface area contributed by atoms with E-state index in [4.69, 9.17) is 0 Å². The first kappa shape index (κ1) is 17.4. The quantitative estimate of drug-likeness (QED) is 0.926. The van der Waals surface area contributed by atoms with Gasteiger partial charge in [-0.2, -0.15) is 0 Å². The smallest absolute Gasteiger partial charge is 0.251 e. The molecule has 1 fully saturated rings. The summed E-state index contributed by atoms with van der Waals surface area (Å²) in [5.41, 5.74) is 2.03. The Labute approximate surface area is 147 Å². The van der Waals surface area contributed by atoms with Crippen LogP contribution in [0.5, 0.6) is 0 Å². The number of likely N-dealkylation sites (N-methyl/N-ethyl adjacent to an activating group) is 1. The summed E-state index contributed by atoms with van der Waals surface area (Å²) in [7, 11) is 2.12. The molecule has 1 amide bonds. The second kappa shape index (κ2) is 7.61. The Balaban J connectivity index is 1.58. The molecule has 1 aliphatic heterocycles. The number of nitrogens with one attached hydrogen (secondary N) is 1. The third-order valence-electron chi connectivity index (χ3n) is 4.53. The van der Waals surface area contributed by atoms with Crippen LogP contribution in [0, 0.1) is 12.7 Å². The lowest BCUT2D eigenvalue weighted by Gasteiger charge is -2.33. The zero-order valence-electron chi connectivity index (χ0n) is 14.6. The summed E-state index contributed by atoms with van der Waals surface area (Å²) >= 11 is 0. The van der Waals surface area contributed by atoms with Gasteiger partial charge in [0.2, 0.25) is 0 Å². The number of halogens is 1. The standard InChI is InChI=1S/C19H23FN4O/c1-14-3-5-16(20)11-17(14)19(25)22-13-15-4-6-18(21-12-15)24-9-7-23(2)8-10-24/h3-6,11-12H,7-10,13H2,1-2H3,(H,22,25). The van der Waals surface area contributed by atoms with E-state index < -0.39 is 5.82 Å². The number of carbonyl (C=O) groups excluding carboxylic acids is 1. The van der Waals surface area contributed by atoms with Gasteiger partial charge in [-0.3, -0.25) is 4.79 Å². The Hall–Kier alpha value is -2.47. The van der Waals surface area contributed by atoms with Crippen LogP contribution in [0.15, 0.2) is 36.5 Å². The van der Waals surface area contributed by atoms with E-state index in [9.17, 15) is 9.18 Å². The predicted molar refractivity (Wildman–Crippen MR) is 96.3 cm³/mol. The number of hydrogen-bond donors (Lipinski definition) is 1. The number of carbonyl (C=O) groups is 1. The number of amides is 1. The molecule has 0 aliphatic carbocycles. The molecule has 1 aliphatic rings. The lowest BCUT2D eigenvalue weighted by atomic mass is 10.1. The van der Waals surface area contributed by atoms with E-state index in [1.165, 1.54) is 12.1 Å². The van der Waals surface area contributed by atoms with Gasteiger partial charge >= 0.3 is 0 Å². The molecule has 0 radical (unpaired) electrons. The van der Waals surface area contributed by atoms with E-state index in [0.29, 0.717) is 12.1 Å². The number of benzene rings is 1. The first-order valence-corrected chi connectivity index (χ1v) is 8.46. The molecular formula is C19H23FN4O. The normalized spacial score (nSPS) is 15.2. The Morgan fingerprint density at radius 1 is 1.20 bits per heavy atom. The first-order chi connectivity index (χ1) is 12.0. The summed E-state index contributed by atoms with van der Waals surface area (Å²) in [5.74, 6) is 0.276. The van der Waals surface area contributed by atoms with Gasteiger partial charge in [-0.25, -0.2) is 9.37 Å². The van der Waals surface area contributed by atoms with Gasteiger partial charge in [-0.15, -0.1) is 0 Å². The van der Waals surface area contributed by atoms with Crippen LogP contribution in [0.1, 0.15) is 21.5 Å². The summed E-state index contributed by atoms with van der Waals surface area (Å²) in [6, 6.07) is 8.18.